The van der Waals surface area contributed by atoms with Gasteiger partial charge in [0.15, 0.2) is 0 Å². The van der Waals surface area contributed by atoms with Crippen LogP contribution in [0.4, 0.5) is 0 Å². The van der Waals surface area contributed by atoms with E-state index in [0.29, 0.717) is 6.10 Å². The molecule has 94 valence electrons. The van der Waals surface area contributed by atoms with Crippen LogP contribution in [0.3, 0.4) is 0 Å². The molecule has 3 nitrogen and oxygen atoms in total. The van der Waals surface area contributed by atoms with Gasteiger partial charge in [-0.3, -0.25) is 4.90 Å². The lowest BCUT2D eigenvalue weighted by molar-refractivity contribution is 0.0198. The van der Waals surface area contributed by atoms with E-state index in [9.17, 15) is 0 Å². The average Bonchev–Trinajstić information content (AvgIpc) is 2.26. The molecule has 0 spiro atoms. The highest BCUT2D eigenvalue weighted by molar-refractivity contribution is 6.31. The van der Waals surface area contributed by atoms with Crippen molar-refractivity contribution in [3.05, 3.63) is 28.8 Å². The highest BCUT2D eigenvalue weighted by atomic mass is 35.5. The summed E-state index contributed by atoms with van der Waals surface area (Å²) in [6, 6.07) is 5.81. The summed E-state index contributed by atoms with van der Waals surface area (Å²) in [6.45, 7) is 5.83. The molecule has 17 heavy (non-hydrogen) atoms. The maximum absolute atomic E-state index is 5.97. The number of ether oxygens (including phenoxy) is 1. The minimum atomic E-state index is 0.313. The van der Waals surface area contributed by atoms with Crippen LogP contribution < -0.4 is 10.5 Å². The Balaban J connectivity index is 1.77. The lowest BCUT2D eigenvalue weighted by atomic mass is 10.1. The zero-order valence-electron chi connectivity index (χ0n) is 10.2. The summed E-state index contributed by atoms with van der Waals surface area (Å²) in [5, 5.41) is 0.788. The molecule has 1 aliphatic rings. The third kappa shape index (κ3) is 3.35. The van der Waals surface area contributed by atoms with Gasteiger partial charge in [-0.15, -0.1) is 0 Å². The molecule has 2 N–H and O–H groups in total. The highest BCUT2D eigenvalue weighted by Gasteiger charge is 2.27. The number of likely N-dealkylation sites (tertiary alicyclic amines) is 1. The van der Waals surface area contributed by atoms with Crippen molar-refractivity contribution in [2.75, 3.05) is 26.2 Å². The maximum atomic E-state index is 5.97. The van der Waals surface area contributed by atoms with Crippen LogP contribution in [0.25, 0.3) is 0 Å². The quantitative estimate of drug-likeness (QED) is 0.874. The normalized spacial score (nSPS) is 16.9. The molecular formula is C13H19ClN2O. The van der Waals surface area contributed by atoms with Gasteiger partial charge in [-0.1, -0.05) is 11.6 Å². The zero-order chi connectivity index (χ0) is 12.3. The summed E-state index contributed by atoms with van der Waals surface area (Å²) in [5.74, 6) is 0.912. The van der Waals surface area contributed by atoms with Crippen molar-refractivity contribution in [1.82, 2.24) is 4.90 Å². The van der Waals surface area contributed by atoms with Gasteiger partial charge in [0.2, 0.25) is 0 Å². The van der Waals surface area contributed by atoms with Crippen molar-refractivity contribution in [3.63, 3.8) is 0 Å². The molecule has 0 unspecified atom stereocenters. The van der Waals surface area contributed by atoms with Crippen LogP contribution in [0, 0.1) is 6.92 Å². The standard InChI is InChI=1S/C13H19ClN2O/c1-10-7-11(3-4-13(10)14)17-12-8-16(9-12)6-2-5-15/h3-4,7,12H,2,5-6,8-9,15H2,1H3. The van der Waals surface area contributed by atoms with Crippen molar-refractivity contribution >= 4 is 11.6 Å². The van der Waals surface area contributed by atoms with Crippen LogP contribution in [0.5, 0.6) is 5.75 Å². The molecule has 1 saturated heterocycles. The van der Waals surface area contributed by atoms with Crippen LogP contribution in [-0.2, 0) is 0 Å². The third-order valence-electron chi connectivity index (χ3n) is 3.03. The summed E-state index contributed by atoms with van der Waals surface area (Å²) >= 11 is 5.97. The maximum Gasteiger partial charge on any atom is 0.124 e. The topological polar surface area (TPSA) is 38.5 Å². The van der Waals surface area contributed by atoms with E-state index in [1.165, 1.54) is 0 Å². The fourth-order valence-corrected chi connectivity index (χ4v) is 2.09. The second-order valence-electron chi connectivity index (χ2n) is 4.55. The van der Waals surface area contributed by atoms with E-state index < -0.39 is 0 Å². The van der Waals surface area contributed by atoms with Gasteiger partial charge in [0, 0.05) is 18.1 Å². The highest BCUT2D eigenvalue weighted by Crippen LogP contribution is 2.23. The molecule has 0 saturated carbocycles. The summed E-state index contributed by atoms with van der Waals surface area (Å²) in [7, 11) is 0. The van der Waals surface area contributed by atoms with Crippen molar-refractivity contribution < 1.29 is 4.74 Å². The fourth-order valence-electron chi connectivity index (χ4n) is 1.98. The number of benzene rings is 1. The van der Waals surface area contributed by atoms with Gasteiger partial charge in [0.1, 0.15) is 11.9 Å². The predicted octanol–water partition coefficient (Wildman–Crippen LogP) is 2.06. The molecule has 0 amide bonds. The van der Waals surface area contributed by atoms with E-state index in [2.05, 4.69) is 4.90 Å². The van der Waals surface area contributed by atoms with Crippen molar-refractivity contribution in [2.24, 2.45) is 5.73 Å². The van der Waals surface area contributed by atoms with Crippen LogP contribution in [0.1, 0.15) is 12.0 Å². The first kappa shape index (κ1) is 12.7. The molecule has 0 atom stereocenters. The fraction of sp³-hybridized carbons (Fsp3) is 0.538. The van der Waals surface area contributed by atoms with Gasteiger partial charge in [-0.25, -0.2) is 0 Å². The SMILES string of the molecule is Cc1cc(OC2CN(CCCN)C2)ccc1Cl. The Kier molecular flexibility index (Phi) is 4.26. The molecule has 0 aromatic heterocycles. The number of hydrogen-bond donors (Lipinski definition) is 1. The first-order chi connectivity index (χ1) is 8.19. The first-order valence-electron chi connectivity index (χ1n) is 6.04. The zero-order valence-corrected chi connectivity index (χ0v) is 10.9. The summed E-state index contributed by atoms with van der Waals surface area (Å²) in [6.07, 6.45) is 1.38. The molecule has 1 heterocycles. The Morgan fingerprint density at radius 2 is 2.24 bits per heavy atom. The van der Waals surface area contributed by atoms with Gasteiger partial charge in [-0.2, -0.15) is 0 Å². The number of hydrogen-bond acceptors (Lipinski definition) is 3. The van der Waals surface area contributed by atoms with Crippen molar-refractivity contribution in [1.29, 1.82) is 0 Å². The minimum Gasteiger partial charge on any atom is -0.488 e. The van der Waals surface area contributed by atoms with E-state index in [0.717, 1.165) is 48.9 Å². The molecular weight excluding hydrogens is 236 g/mol. The monoisotopic (exact) mass is 254 g/mol. The third-order valence-corrected chi connectivity index (χ3v) is 3.46. The van der Waals surface area contributed by atoms with Crippen molar-refractivity contribution in [2.45, 2.75) is 19.4 Å². The average molecular weight is 255 g/mol. The summed E-state index contributed by atoms with van der Waals surface area (Å²) in [4.78, 5) is 2.36. The van der Waals surface area contributed by atoms with Crippen LogP contribution >= 0.6 is 11.6 Å². The predicted molar refractivity (Wildman–Crippen MR) is 70.7 cm³/mol. The molecule has 1 fully saturated rings. The molecule has 4 heteroatoms. The van der Waals surface area contributed by atoms with E-state index >= 15 is 0 Å². The van der Waals surface area contributed by atoms with Gasteiger partial charge >= 0.3 is 0 Å². The van der Waals surface area contributed by atoms with E-state index in [4.69, 9.17) is 22.1 Å². The van der Waals surface area contributed by atoms with Crippen LogP contribution in [0.15, 0.2) is 18.2 Å². The van der Waals surface area contributed by atoms with Gasteiger partial charge in [0.05, 0.1) is 0 Å². The minimum absolute atomic E-state index is 0.313. The summed E-state index contributed by atoms with van der Waals surface area (Å²) in [5.41, 5.74) is 6.53. The molecule has 2 rings (SSSR count). The van der Waals surface area contributed by atoms with Gasteiger partial charge in [0.25, 0.3) is 0 Å². The second-order valence-corrected chi connectivity index (χ2v) is 4.96. The first-order valence-corrected chi connectivity index (χ1v) is 6.42. The van der Waals surface area contributed by atoms with E-state index in [1.807, 2.05) is 25.1 Å². The molecule has 1 aliphatic heterocycles. The Hall–Kier alpha value is -0.770. The lowest BCUT2D eigenvalue weighted by Crippen LogP contribution is -2.54. The van der Waals surface area contributed by atoms with Gasteiger partial charge in [-0.05, 0) is 50.2 Å². The Bertz CT molecular complexity index is 378. The number of nitrogens with zero attached hydrogens (tertiary/aromatic N) is 1. The number of rotatable bonds is 5. The van der Waals surface area contributed by atoms with Crippen LogP contribution in [0.2, 0.25) is 5.02 Å². The molecule has 1 aromatic carbocycles. The van der Waals surface area contributed by atoms with Crippen molar-refractivity contribution in [3.8, 4) is 5.75 Å². The Morgan fingerprint density at radius 1 is 1.47 bits per heavy atom. The largest absolute Gasteiger partial charge is 0.488 e. The Labute approximate surface area is 107 Å². The lowest BCUT2D eigenvalue weighted by Gasteiger charge is -2.39. The summed E-state index contributed by atoms with van der Waals surface area (Å²) < 4.78 is 5.86. The molecule has 0 radical (unpaired) electrons. The van der Waals surface area contributed by atoms with Crippen LogP contribution in [-0.4, -0.2) is 37.2 Å². The molecule has 0 bridgehead atoms. The smallest absolute Gasteiger partial charge is 0.124 e. The molecule has 1 aromatic rings. The Morgan fingerprint density at radius 3 is 2.88 bits per heavy atom. The number of halogens is 1. The number of aryl methyl sites for hydroxylation is 1. The van der Waals surface area contributed by atoms with Gasteiger partial charge < -0.3 is 10.5 Å². The van der Waals surface area contributed by atoms with E-state index in [-0.39, 0.29) is 0 Å². The van der Waals surface area contributed by atoms with E-state index in [1.54, 1.807) is 0 Å². The molecule has 0 aliphatic carbocycles. The second kappa shape index (κ2) is 5.71. The number of nitrogens with two attached hydrogens (primary N) is 1.